The Kier molecular flexibility index (Phi) is 4.80. The summed E-state index contributed by atoms with van der Waals surface area (Å²) in [4.78, 5) is 24.2. The van der Waals surface area contributed by atoms with E-state index in [1.54, 1.807) is 11.8 Å². The van der Waals surface area contributed by atoms with Gasteiger partial charge in [-0.05, 0) is 37.8 Å². The number of nitro benzene ring substituents is 1. The quantitative estimate of drug-likeness (QED) is 0.686. The fourth-order valence-corrected chi connectivity index (χ4v) is 2.81. The number of nitro groups is 1. The summed E-state index contributed by atoms with van der Waals surface area (Å²) < 4.78 is 0. The SMILES string of the molecule is CC(O)C1CCN(C(=O)c2ccc([N+](=O)[O-])c(Cl)c2)CC1. The van der Waals surface area contributed by atoms with Crippen molar-refractivity contribution in [3.63, 3.8) is 0 Å². The van der Waals surface area contributed by atoms with Crippen LogP contribution in [0.2, 0.25) is 5.02 Å². The predicted molar refractivity (Wildman–Crippen MR) is 78.4 cm³/mol. The molecule has 2 rings (SSSR count). The van der Waals surface area contributed by atoms with Crippen molar-refractivity contribution in [1.29, 1.82) is 0 Å². The molecule has 0 radical (unpaired) electrons. The fraction of sp³-hybridized carbons (Fsp3) is 0.500. The van der Waals surface area contributed by atoms with E-state index in [-0.39, 0.29) is 28.6 Å². The first kappa shape index (κ1) is 15.7. The number of aliphatic hydroxyl groups excluding tert-OH is 1. The van der Waals surface area contributed by atoms with E-state index in [1.165, 1.54) is 18.2 Å². The first-order valence-corrected chi connectivity index (χ1v) is 7.19. The zero-order valence-corrected chi connectivity index (χ0v) is 12.4. The molecule has 0 bridgehead atoms. The van der Waals surface area contributed by atoms with Crippen molar-refractivity contribution < 1.29 is 14.8 Å². The van der Waals surface area contributed by atoms with Gasteiger partial charge in [0.05, 0.1) is 11.0 Å². The summed E-state index contributed by atoms with van der Waals surface area (Å²) in [6.45, 7) is 2.91. The van der Waals surface area contributed by atoms with E-state index >= 15 is 0 Å². The Bertz CT molecular complexity index is 554. The van der Waals surface area contributed by atoms with Gasteiger partial charge in [0, 0.05) is 24.7 Å². The van der Waals surface area contributed by atoms with Crippen LogP contribution in [-0.4, -0.2) is 40.0 Å². The third-order valence-corrected chi connectivity index (χ3v) is 4.20. The van der Waals surface area contributed by atoms with E-state index in [4.69, 9.17) is 11.6 Å². The first-order valence-electron chi connectivity index (χ1n) is 6.81. The van der Waals surface area contributed by atoms with E-state index in [0.717, 1.165) is 12.8 Å². The molecular formula is C14H17ClN2O4. The maximum atomic E-state index is 12.3. The van der Waals surface area contributed by atoms with Crippen LogP contribution in [0.4, 0.5) is 5.69 Å². The van der Waals surface area contributed by atoms with Crippen molar-refractivity contribution >= 4 is 23.2 Å². The summed E-state index contributed by atoms with van der Waals surface area (Å²) in [5, 5.41) is 20.2. The van der Waals surface area contributed by atoms with Gasteiger partial charge in [0.2, 0.25) is 0 Å². The van der Waals surface area contributed by atoms with Gasteiger partial charge in [0.1, 0.15) is 5.02 Å². The Balaban J connectivity index is 2.08. The minimum absolute atomic E-state index is 0.0373. The molecule has 1 atom stereocenters. The Morgan fingerprint density at radius 3 is 2.57 bits per heavy atom. The van der Waals surface area contributed by atoms with Crippen LogP contribution in [0.25, 0.3) is 0 Å². The van der Waals surface area contributed by atoms with Crippen LogP contribution in [-0.2, 0) is 0 Å². The van der Waals surface area contributed by atoms with Crippen LogP contribution in [0.3, 0.4) is 0 Å². The maximum Gasteiger partial charge on any atom is 0.287 e. The van der Waals surface area contributed by atoms with Crippen LogP contribution in [0.1, 0.15) is 30.1 Å². The number of amides is 1. The van der Waals surface area contributed by atoms with Crippen LogP contribution < -0.4 is 0 Å². The number of likely N-dealkylation sites (tertiary alicyclic amines) is 1. The minimum Gasteiger partial charge on any atom is -0.393 e. The molecular weight excluding hydrogens is 296 g/mol. The molecule has 1 fully saturated rings. The van der Waals surface area contributed by atoms with Gasteiger partial charge in [-0.15, -0.1) is 0 Å². The molecule has 1 aromatic carbocycles. The van der Waals surface area contributed by atoms with Crippen LogP contribution in [0.5, 0.6) is 0 Å². The first-order chi connectivity index (χ1) is 9.90. The van der Waals surface area contributed by atoms with Crippen molar-refractivity contribution in [3.05, 3.63) is 38.9 Å². The van der Waals surface area contributed by atoms with Crippen molar-refractivity contribution in [2.45, 2.75) is 25.9 Å². The van der Waals surface area contributed by atoms with Gasteiger partial charge in [-0.2, -0.15) is 0 Å². The fourth-order valence-electron chi connectivity index (χ4n) is 2.56. The molecule has 1 heterocycles. The topological polar surface area (TPSA) is 83.7 Å². The van der Waals surface area contributed by atoms with Crippen molar-refractivity contribution in [2.24, 2.45) is 5.92 Å². The van der Waals surface area contributed by atoms with Crippen molar-refractivity contribution in [1.82, 2.24) is 4.90 Å². The summed E-state index contributed by atoms with van der Waals surface area (Å²) in [7, 11) is 0. The Labute approximate surface area is 127 Å². The summed E-state index contributed by atoms with van der Waals surface area (Å²) in [6, 6.07) is 4.01. The van der Waals surface area contributed by atoms with Gasteiger partial charge in [-0.25, -0.2) is 0 Å². The van der Waals surface area contributed by atoms with E-state index in [0.29, 0.717) is 18.7 Å². The summed E-state index contributed by atoms with van der Waals surface area (Å²) >= 11 is 5.83. The van der Waals surface area contributed by atoms with E-state index in [9.17, 15) is 20.0 Å². The lowest BCUT2D eigenvalue weighted by atomic mass is 9.92. The number of piperidine rings is 1. The summed E-state index contributed by atoms with van der Waals surface area (Å²) in [6.07, 6.45) is 1.14. The largest absolute Gasteiger partial charge is 0.393 e. The van der Waals surface area contributed by atoms with Crippen LogP contribution >= 0.6 is 11.6 Å². The molecule has 1 amide bonds. The number of carbonyl (C=O) groups is 1. The maximum absolute atomic E-state index is 12.3. The molecule has 0 saturated carbocycles. The molecule has 21 heavy (non-hydrogen) atoms. The second-order valence-electron chi connectivity index (χ2n) is 5.29. The van der Waals surface area contributed by atoms with E-state index in [1.807, 2.05) is 0 Å². The van der Waals surface area contributed by atoms with Crippen LogP contribution in [0, 0.1) is 16.0 Å². The molecule has 0 aliphatic carbocycles. The average Bonchev–Trinajstić information content (AvgIpc) is 2.46. The highest BCUT2D eigenvalue weighted by Crippen LogP contribution is 2.27. The molecule has 0 aromatic heterocycles. The van der Waals surface area contributed by atoms with E-state index in [2.05, 4.69) is 0 Å². The monoisotopic (exact) mass is 312 g/mol. The predicted octanol–water partition coefficient (Wildman–Crippen LogP) is 2.48. The third-order valence-electron chi connectivity index (χ3n) is 3.90. The third kappa shape index (κ3) is 3.51. The molecule has 1 saturated heterocycles. The van der Waals surface area contributed by atoms with Crippen molar-refractivity contribution in [2.75, 3.05) is 13.1 Å². The number of halogens is 1. The Morgan fingerprint density at radius 1 is 1.48 bits per heavy atom. The number of benzene rings is 1. The highest BCUT2D eigenvalue weighted by Gasteiger charge is 2.26. The molecule has 6 nitrogen and oxygen atoms in total. The Morgan fingerprint density at radius 2 is 2.10 bits per heavy atom. The second-order valence-corrected chi connectivity index (χ2v) is 5.70. The van der Waals surface area contributed by atoms with Crippen LogP contribution in [0.15, 0.2) is 18.2 Å². The molecule has 1 aliphatic rings. The number of hydrogen-bond donors (Lipinski definition) is 1. The zero-order chi connectivity index (χ0) is 15.6. The lowest BCUT2D eigenvalue weighted by Crippen LogP contribution is -2.40. The van der Waals surface area contributed by atoms with Gasteiger partial charge in [-0.3, -0.25) is 14.9 Å². The minimum atomic E-state index is -0.579. The number of carbonyl (C=O) groups excluding carboxylic acids is 1. The zero-order valence-electron chi connectivity index (χ0n) is 11.7. The van der Waals surface area contributed by atoms with Gasteiger partial charge in [-0.1, -0.05) is 11.6 Å². The second kappa shape index (κ2) is 6.41. The summed E-state index contributed by atoms with van der Waals surface area (Å²) in [5.74, 6) is 0.0327. The lowest BCUT2D eigenvalue weighted by molar-refractivity contribution is -0.384. The van der Waals surface area contributed by atoms with Gasteiger partial charge in [0.15, 0.2) is 0 Å². The number of rotatable bonds is 3. The molecule has 1 unspecified atom stereocenters. The lowest BCUT2D eigenvalue weighted by Gasteiger charge is -2.33. The van der Waals surface area contributed by atoms with E-state index < -0.39 is 4.92 Å². The average molecular weight is 313 g/mol. The summed E-state index contributed by atoms with van der Waals surface area (Å²) in [5.41, 5.74) is 0.141. The van der Waals surface area contributed by atoms with Crippen molar-refractivity contribution in [3.8, 4) is 0 Å². The molecule has 0 spiro atoms. The normalized spacial score (nSPS) is 17.6. The molecule has 1 aromatic rings. The highest BCUT2D eigenvalue weighted by atomic mass is 35.5. The van der Waals surface area contributed by atoms with Gasteiger partial charge >= 0.3 is 0 Å². The highest BCUT2D eigenvalue weighted by molar-refractivity contribution is 6.33. The molecule has 114 valence electrons. The molecule has 1 N–H and O–H groups in total. The number of aliphatic hydroxyl groups is 1. The number of nitrogens with zero attached hydrogens (tertiary/aromatic N) is 2. The standard InChI is InChI=1S/C14H17ClN2O4/c1-9(18)10-4-6-16(7-5-10)14(19)11-2-3-13(17(20)21)12(15)8-11/h2-3,8-10,18H,4-7H2,1H3. The number of hydrogen-bond acceptors (Lipinski definition) is 4. The molecule has 7 heteroatoms. The van der Waals surface area contributed by atoms with Gasteiger partial charge in [0.25, 0.3) is 11.6 Å². The Hall–Kier alpha value is -1.66. The smallest absolute Gasteiger partial charge is 0.287 e. The van der Waals surface area contributed by atoms with Gasteiger partial charge < -0.3 is 10.0 Å². The molecule has 1 aliphatic heterocycles.